The Hall–Kier alpha value is 0. The van der Waals surface area contributed by atoms with E-state index in [9.17, 15) is 0 Å². The number of hydrogen-bond donors (Lipinski definition) is 0. The maximum Gasteiger partial charge on any atom is -0.0678 e. The van der Waals surface area contributed by atoms with Gasteiger partial charge in [-0.25, -0.2) is 0 Å². The SMILES string of the molecule is CCC[C-]1CCC1. The second-order valence-electron chi connectivity index (χ2n) is 2.35. The van der Waals surface area contributed by atoms with E-state index in [1.165, 1.54) is 32.1 Å². The Labute approximate surface area is 45.9 Å². The topological polar surface area (TPSA) is 0 Å². The first-order chi connectivity index (χ1) is 3.43. The summed E-state index contributed by atoms with van der Waals surface area (Å²) >= 11 is 0. The van der Waals surface area contributed by atoms with Gasteiger partial charge >= 0.3 is 0 Å². The van der Waals surface area contributed by atoms with Gasteiger partial charge in [-0.05, 0) is 0 Å². The summed E-state index contributed by atoms with van der Waals surface area (Å²) in [6.07, 6.45) is 7.10. The summed E-state index contributed by atoms with van der Waals surface area (Å²) < 4.78 is 0. The van der Waals surface area contributed by atoms with Gasteiger partial charge in [-0.3, -0.25) is 0 Å². The summed E-state index contributed by atoms with van der Waals surface area (Å²) in [7, 11) is 0. The lowest BCUT2D eigenvalue weighted by atomic mass is 9.82. The molecule has 0 radical (unpaired) electrons. The van der Waals surface area contributed by atoms with Crippen molar-refractivity contribution in [2.24, 2.45) is 0 Å². The van der Waals surface area contributed by atoms with Crippen LogP contribution in [0, 0.1) is 5.92 Å². The maximum absolute atomic E-state index is 2.26. The van der Waals surface area contributed by atoms with E-state index in [1.54, 1.807) is 0 Å². The molecule has 0 aromatic rings. The van der Waals surface area contributed by atoms with Gasteiger partial charge in [0.1, 0.15) is 0 Å². The van der Waals surface area contributed by atoms with Crippen molar-refractivity contribution >= 4 is 0 Å². The molecule has 0 nitrogen and oxygen atoms in total. The highest BCUT2D eigenvalue weighted by molar-refractivity contribution is 4.97. The van der Waals surface area contributed by atoms with Crippen molar-refractivity contribution in [1.29, 1.82) is 0 Å². The Bertz CT molecular complexity index is 44.0. The van der Waals surface area contributed by atoms with Crippen molar-refractivity contribution in [2.45, 2.75) is 39.0 Å². The summed E-state index contributed by atoms with van der Waals surface area (Å²) in [5.41, 5.74) is 0. The molecule has 42 valence electrons. The molecule has 1 fully saturated rings. The molecule has 7 heavy (non-hydrogen) atoms. The molecule has 0 atom stereocenters. The van der Waals surface area contributed by atoms with Gasteiger partial charge in [0.2, 0.25) is 0 Å². The molecule has 0 aromatic heterocycles. The van der Waals surface area contributed by atoms with Gasteiger partial charge in [0.15, 0.2) is 0 Å². The van der Waals surface area contributed by atoms with E-state index in [-0.39, 0.29) is 0 Å². The molecule has 1 rings (SSSR count). The highest BCUT2D eigenvalue weighted by Gasteiger charge is 1.99. The maximum atomic E-state index is 2.26. The molecule has 0 unspecified atom stereocenters. The van der Waals surface area contributed by atoms with Crippen LogP contribution in [0.25, 0.3) is 0 Å². The lowest BCUT2D eigenvalue weighted by Gasteiger charge is -2.39. The van der Waals surface area contributed by atoms with E-state index in [0.717, 1.165) is 0 Å². The molecule has 0 amide bonds. The summed E-state index contributed by atoms with van der Waals surface area (Å²) in [5, 5.41) is 0. The zero-order chi connectivity index (χ0) is 5.11. The van der Waals surface area contributed by atoms with E-state index in [4.69, 9.17) is 0 Å². The molecule has 1 aliphatic carbocycles. The molecule has 0 N–H and O–H groups in total. The van der Waals surface area contributed by atoms with Gasteiger partial charge in [0.25, 0.3) is 0 Å². The first-order valence-corrected chi connectivity index (χ1v) is 3.27. The van der Waals surface area contributed by atoms with Gasteiger partial charge in [-0.1, -0.05) is 13.3 Å². The van der Waals surface area contributed by atoms with Crippen LogP contribution in [0.4, 0.5) is 0 Å². The predicted octanol–water partition coefficient (Wildman–Crippen LogP) is 2.54. The van der Waals surface area contributed by atoms with E-state index in [1.807, 2.05) is 5.92 Å². The third-order valence-corrected chi connectivity index (χ3v) is 1.66. The molecule has 0 heteroatoms. The Balaban J connectivity index is 1.93. The van der Waals surface area contributed by atoms with Gasteiger partial charge in [-0.2, -0.15) is 19.3 Å². The van der Waals surface area contributed by atoms with Crippen LogP contribution in [0.2, 0.25) is 0 Å². The van der Waals surface area contributed by atoms with Gasteiger partial charge in [-0.15, -0.1) is 6.42 Å². The summed E-state index contributed by atoms with van der Waals surface area (Å²) in [6, 6.07) is 0. The minimum absolute atomic E-state index is 1.36. The second-order valence-corrected chi connectivity index (χ2v) is 2.35. The average Bonchev–Trinajstić information content (AvgIpc) is 1.55. The van der Waals surface area contributed by atoms with Gasteiger partial charge < -0.3 is 5.92 Å². The second kappa shape index (κ2) is 2.34. The fourth-order valence-corrected chi connectivity index (χ4v) is 1.03. The molecule has 0 heterocycles. The van der Waals surface area contributed by atoms with E-state index < -0.39 is 0 Å². The fraction of sp³-hybridized carbons (Fsp3) is 0.857. The van der Waals surface area contributed by atoms with E-state index in [2.05, 4.69) is 6.92 Å². The lowest BCUT2D eigenvalue weighted by molar-refractivity contribution is 0.502. The normalized spacial score (nSPS) is 21.9. The van der Waals surface area contributed by atoms with Crippen LogP contribution in [-0.2, 0) is 0 Å². The first-order valence-electron chi connectivity index (χ1n) is 3.27. The van der Waals surface area contributed by atoms with E-state index in [0.29, 0.717) is 0 Å². The fourth-order valence-electron chi connectivity index (χ4n) is 1.03. The van der Waals surface area contributed by atoms with Crippen LogP contribution >= 0.6 is 0 Å². The van der Waals surface area contributed by atoms with Crippen molar-refractivity contribution in [3.63, 3.8) is 0 Å². The minimum Gasteiger partial charge on any atom is -0.314 e. The quantitative estimate of drug-likeness (QED) is 0.464. The highest BCUT2D eigenvalue weighted by Crippen LogP contribution is 2.32. The van der Waals surface area contributed by atoms with Crippen molar-refractivity contribution in [3.05, 3.63) is 5.92 Å². The van der Waals surface area contributed by atoms with Crippen molar-refractivity contribution in [2.75, 3.05) is 0 Å². The van der Waals surface area contributed by atoms with Gasteiger partial charge in [0, 0.05) is 0 Å². The monoisotopic (exact) mass is 97.1 g/mol. The Kier molecular flexibility index (Phi) is 1.72. The predicted molar refractivity (Wildman–Crippen MR) is 32.0 cm³/mol. The molecule has 0 saturated heterocycles. The molecule has 1 aliphatic rings. The summed E-state index contributed by atoms with van der Waals surface area (Å²) in [5.74, 6) is 1.81. The van der Waals surface area contributed by atoms with Crippen LogP contribution in [0.5, 0.6) is 0 Å². The molecule has 1 saturated carbocycles. The third kappa shape index (κ3) is 1.19. The zero-order valence-corrected chi connectivity index (χ0v) is 5.04. The van der Waals surface area contributed by atoms with Gasteiger partial charge in [0.05, 0.1) is 0 Å². The minimum atomic E-state index is 1.36. The van der Waals surface area contributed by atoms with Crippen molar-refractivity contribution in [1.82, 2.24) is 0 Å². The standard InChI is InChI=1S/C7H13/c1-2-4-7-5-3-6-7/h2-6H2,1H3/q-1. The van der Waals surface area contributed by atoms with Crippen LogP contribution < -0.4 is 0 Å². The van der Waals surface area contributed by atoms with E-state index >= 15 is 0 Å². The third-order valence-electron chi connectivity index (χ3n) is 1.66. The lowest BCUT2D eigenvalue weighted by Crippen LogP contribution is -2.06. The molecule has 0 aromatic carbocycles. The molecular weight excluding hydrogens is 84.1 g/mol. The molecule has 0 bridgehead atoms. The molecule has 0 spiro atoms. The van der Waals surface area contributed by atoms with Crippen LogP contribution in [0.3, 0.4) is 0 Å². The summed E-state index contributed by atoms with van der Waals surface area (Å²) in [6.45, 7) is 2.26. The Morgan fingerprint density at radius 1 is 1.43 bits per heavy atom. The summed E-state index contributed by atoms with van der Waals surface area (Å²) in [4.78, 5) is 0. The van der Waals surface area contributed by atoms with Crippen molar-refractivity contribution < 1.29 is 0 Å². The zero-order valence-electron chi connectivity index (χ0n) is 5.04. The smallest absolute Gasteiger partial charge is 0.0678 e. The average molecular weight is 97.2 g/mol. The van der Waals surface area contributed by atoms with Crippen LogP contribution in [-0.4, -0.2) is 0 Å². The highest BCUT2D eigenvalue weighted by atomic mass is 14.2. The molecule has 0 aliphatic heterocycles. The number of hydrogen-bond acceptors (Lipinski definition) is 0. The van der Waals surface area contributed by atoms with Crippen LogP contribution in [0.15, 0.2) is 0 Å². The van der Waals surface area contributed by atoms with Crippen LogP contribution in [0.1, 0.15) is 39.0 Å². The Morgan fingerprint density at radius 2 is 2.14 bits per heavy atom. The van der Waals surface area contributed by atoms with Crippen molar-refractivity contribution in [3.8, 4) is 0 Å². The number of rotatable bonds is 2. The molecular formula is C7H13-. The largest absolute Gasteiger partial charge is 0.314 e. The Morgan fingerprint density at radius 3 is 2.29 bits per heavy atom. The first kappa shape index (κ1) is 5.14.